The van der Waals surface area contributed by atoms with Crippen LogP contribution >= 0.6 is 11.6 Å². The van der Waals surface area contributed by atoms with E-state index < -0.39 is 112 Å². The maximum atomic E-state index is 15.4. The molecule has 4 aliphatic rings. The molecule has 0 aromatic heterocycles. The molecule has 3 heterocycles. The van der Waals surface area contributed by atoms with Crippen molar-refractivity contribution in [3.05, 3.63) is 139 Å². The fourth-order valence-corrected chi connectivity index (χ4v) is 9.40. The summed E-state index contributed by atoms with van der Waals surface area (Å²) in [5, 5.41) is 25.8. The highest BCUT2D eigenvalue weighted by Crippen LogP contribution is 2.50. The molecule has 14 nitrogen and oxygen atoms in total. The van der Waals surface area contributed by atoms with E-state index in [1.807, 2.05) is 32.0 Å². The van der Waals surface area contributed by atoms with E-state index in [1.165, 1.54) is 65.4 Å². The van der Waals surface area contributed by atoms with Gasteiger partial charge in [-0.15, -0.1) is 0 Å². The molecule has 68 heavy (non-hydrogen) atoms. The number of aliphatic hydroxyl groups is 2. The predicted molar refractivity (Wildman–Crippen MR) is 253 cm³/mol. The van der Waals surface area contributed by atoms with Gasteiger partial charge in [0.25, 0.3) is 11.7 Å². The van der Waals surface area contributed by atoms with Crippen molar-refractivity contribution in [1.29, 1.82) is 0 Å². The number of aliphatic hydroxyl groups excluding tert-OH is 2. The number of hydrogen-bond donors (Lipinski definition) is 3. The third-order valence-corrected chi connectivity index (χ3v) is 13.3. The number of hydrogen-bond acceptors (Lipinski definition) is 13. The lowest BCUT2D eigenvalue weighted by Crippen LogP contribution is -2.46. The summed E-state index contributed by atoms with van der Waals surface area (Å²) in [5.74, 6) is -10.4. The predicted octanol–water partition coefficient (Wildman–Crippen LogP) is 8.03. The molecule has 0 radical (unpaired) electrons. The second-order valence-electron chi connectivity index (χ2n) is 18.2. The number of rotatable bonds is 6. The lowest BCUT2D eigenvalue weighted by atomic mass is 9.78. The van der Waals surface area contributed by atoms with Gasteiger partial charge in [-0.3, -0.25) is 24.0 Å². The van der Waals surface area contributed by atoms with Crippen molar-refractivity contribution in [2.24, 2.45) is 23.7 Å². The molecule has 0 saturated heterocycles. The fourth-order valence-electron chi connectivity index (χ4n) is 9.19. The van der Waals surface area contributed by atoms with Gasteiger partial charge in [-0.2, -0.15) is 0 Å². The molecule has 9 unspecified atom stereocenters. The van der Waals surface area contributed by atoms with Crippen molar-refractivity contribution in [2.45, 2.75) is 106 Å². The summed E-state index contributed by atoms with van der Waals surface area (Å²) in [6.07, 6.45) is 3.09. The number of aryl methyl sites for hydroxylation is 2. The van der Waals surface area contributed by atoms with Crippen LogP contribution in [-0.2, 0) is 30.2 Å². The van der Waals surface area contributed by atoms with Gasteiger partial charge in [-0.25, -0.2) is 4.79 Å². The first-order valence-electron chi connectivity index (χ1n) is 22.4. The summed E-state index contributed by atoms with van der Waals surface area (Å²) in [6.45, 7) is 16.1. The van der Waals surface area contributed by atoms with E-state index in [0.29, 0.717) is 5.56 Å². The molecule has 7 rings (SSSR count). The Kier molecular flexibility index (Phi) is 15.5. The Balaban J connectivity index is 1.59. The minimum atomic E-state index is -2.18. The number of halogens is 1. The van der Waals surface area contributed by atoms with Crippen molar-refractivity contribution >= 4 is 46.8 Å². The summed E-state index contributed by atoms with van der Waals surface area (Å²) in [4.78, 5) is 86.0. The Bertz CT molecular complexity index is 2680. The Labute approximate surface area is 401 Å². The third kappa shape index (κ3) is 10.1. The van der Waals surface area contributed by atoms with Crippen LogP contribution in [0.3, 0.4) is 0 Å². The van der Waals surface area contributed by atoms with Gasteiger partial charge >= 0.3 is 17.7 Å². The lowest BCUT2D eigenvalue weighted by molar-refractivity contribution is -0.160. The summed E-state index contributed by atoms with van der Waals surface area (Å²) in [7, 11) is 1.42. The molecular formula is C53H58ClNO13. The number of ether oxygens (including phenoxy) is 5. The Morgan fingerprint density at radius 3 is 2.15 bits per heavy atom. The van der Waals surface area contributed by atoms with E-state index in [4.69, 9.17) is 35.3 Å². The van der Waals surface area contributed by atoms with E-state index in [0.717, 1.165) is 11.1 Å². The van der Waals surface area contributed by atoms with Crippen LogP contribution in [0, 0.1) is 44.4 Å². The Hall–Kier alpha value is -6.19. The number of nitrogens with one attached hydrogen (secondary N) is 1. The van der Waals surface area contributed by atoms with Crippen LogP contribution in [0.5, 0.6) is 11.5 Å². The quantitative estimate of drug-likeness (QED) is 0.159. The van der Waals surface area contributed by atoms with Crippen molar-refractivity contribution in [2.75, 3.05) is 7.11 Å². The number of ketones is 3. The standard InChI is InChI=1S/C53H58ClNO13/c1-25-21-26(2)23-34(22-25)24-36-42-46(60)40-39(45(36)59)41-49(32(8)48(40)67-52(63)35-17-12-13-18-37(35)54)68-53(10,50(41)61)65-20-19-38(64-11)29(5)47(66-33(9)56)31(7)44(58)30(6)43(57)27(3)15-14-16-28(4)51(62)55-42/h12-23,27,29-31,38,43-44,47,57-58H,24H2,1-11H3,(H,55,62)/b15-14+,20-19+,28-16-. The van der Waals surface area contributed by atoms with E-state index in [9.17, 15) is 29.4 Å². The van der Waals surface area contributed by atoms with Crippen molar-refractivity contribution in [3.63, 3.8) is 0 Å². The molecule has 9 atom stereocenters. The fraction of sp³-hybridized carbons (Fsp3) is 0.396. The molecule has 3 aromatic rings. The molecule has 0 saturated carbocycles. The number of benzene rings is 3. The third-order valence-electron chi connectivity index (χ3n) is 13.0. The number of allylic oxidation sites excluding steroid dienone is 4. The number of Topliss-reactive ketones (excluding diaryl/α,β-unsaturated/α-hetero) is 3. The summed E-state index contributed by atoms with van der Waals surface area (Å²) >= 11 is 6.41. The molecule has 0 fully saturated rings. The van der Waals surface area contributed by atoms with Gasteiger partial charge in [0, 0.05) is 67.8 Å². The normalized spacial score (nSPS) is 28.5. The molecule has 5 bridgehead atoms. The largest absolute Gasteiger partial charge is 0.462 e. The Morgan fingerprint density at radius 2 is 1.51 bits per heavy atom. The molecule has 3 aromatic carbocycles. The smallest absolute Gasteiger partial charge is 0.345 e. The van der Waals surface area contributed by atoms with Gasteiger partial charge in [0.15, 0.2) is 5.78 Å². The molecule has 15 heteroatoms. The number of esters is 2. The van der Waals surface area contributed by atoms with E-state index in [2.05, 4.69) is 5.32 Å². The first-order valence-corrected chi connectivity index (χ1v) is 22.8. The number of amides is 1. The van der Waals surface area contributed by atoms with Crippen LogP contribution in [0.1, 0.15) is 112 Å². The van der Waals surface area contributed by atoms with Gasteiger partial charge in [-0.1, -0.05) is 99.0 Å². The Morgan fingerprint density at radius 1 is 0.853 bits per heavy atom. The topological polar surface area (TPSA) is 201 Å². The lowest BCUT2D eigenvalue weighted by Gasteiger charge is -2.38. The van der Waals surface area contributed by atoms with Crippen LogP contribution in [-0.4, -0.2) is 82.7 Å². The maximum absolute atomic E-state index is 15.4. The van der Waals surface area contributed by atoms with Crippen molar-refractivity contribution < 1.29 is 62.7 Å². The highest BCUT2D eigenvalue weighted by atomic mass is 35.5. The van der Waals surface area contributed by atoms with Gasteiger partial charge in [0.05, 0.1) is 57.5 Å². The molecule has 1 amide bonds. The maximum Gasteiger partial charge on any atom is 0.345 e. The minimum Gasteiger partial charge on any atom is -0.462 e. The van der Waals surface area contributed by atoms with Gasteiger partial charge in [-0.05, 0) is 51.5 Å². The highest BCUT2D eigenvalue weighted by molar-refractivity contribution is 6.34. The number of methoxy groups -OCH3 is 1. The number of fused-ring (bicyclic) bond motifs is 14. The first-order chi connectivity index (χ1) is 32.0. The van der Waals surface area contributed by atoms with Crippen LogP contribution in [0.4, 0.5) is 0 Å². The zero-order chi connectivity index (χ0) is 50.1. The average molecular weight is 952 g/mol. The number of carbonyl (C=O) groups excluding carboxylic acids is 6. The number of carbonyl (C=O) groups is 6. The SMILES string of the molecule is COC1/C=C/OC2(C)Oc3c(C)c(OC(=O)c4ccccc4Cl)c4c(c3C2=O)C(=O)C(Cc2cc(C)cc(C)c2)=C(NC(=O)/C(C)=C\C=C\C(C)C(O)C(C)C(O)C(C)C(OC(C)=O)C1C)C4=O. The molecular weight excluding hydrogens is 894 g/mol. The zero-order valence-electron chi connectivity index (χ0n) is 40.0. The average Bonchev–Trinajstić information content (AvgIpc) is 3.55. The molecule has 3 N–H and O–H groups in total. The van der Waals surface area contributed by atoms with Crippen molar-refractivity contribution in [3.8, 4) is 11.5 Å². The van der Waals surface area contributed by atoms with Crippen LogP contribution < -0.4 is 14.8 Å². The molecule has 1 aliphatic carbocycles. The second-order valence-corrected chi connectivity index (χ2v) is 18.6. The van der Waals surface area contributed by atoms with Gasteiger partial charge < -0.3 is 39.2 Å². The zero-order valence-corrected chi connectivity index (χ0v) is 40.8. The summed E-state index contributed by atoms with van der Waals surface area (Å²) in [5.41, 5.74) is 0.694. The van der Waals surface area contributed by atoms with E-state index in [1.54, 1.807) is 52.0 Å². The molecule has 3 aliphatic heterocycles. The van der Waals surface area contributed by atoms with Gasteiger partial charge in [0.2, 0.25) is 5.78 Å². The monoisotopic (exact) mass is 951 g/mol. The van der Waals surface area contributed by atoms with E-state index in [-0.39, 0.29) is 45.0 Å². The van der Waals surface area contributed by atoms with E-state index >= 15 is 9.59 Å². The summed E-state index contributed by atoms with van der Waals surface area (Å²) in [6, 6.07) is 11.7. The molecule has 360 valence electrons. The van der Waals surface area contributed by atoms with Crippen LogP contribution in [0.2, 0.25) is 5.02 Å². The molecule has 0 spiro atoms. The second kappa shape index (κ2) is 20.6. The van der Waals surface area contributed by atoms with Crippen LogP contribution in [0.25, 0.3) is 0 Å². The first kappa shape index (κ1) is 51.2. The summed E-state index contributed by atoms with van der Waals surface area (Å²) < 4.78 is 30.0. The minimum absolute atomic E-state index is 0.00850. The van der Waals surface area contributed by atoms with Gasteiger partial charge in [0.1, 0.15) is 17.6 Å². The van der Waals surface area contributed by atoms with Crippen molar-refractivity contribution in [1.82, 2.24) is 5.32 Å². The van der Waals surface area contributed by atoms with Crippen LogP contribution in [0.15, 0.2) is 89.9 Å². The highest BCUT2D eigenvalue weighted by Gasteiger charge is 2.53.